The van der Waals surface area contributed by atoms with Gasteiger partial charge < -0.3 is 10.1 Å². The van der Waals surface area contributed by atoms with Crippen molar-refractivity contribution in [3.05, 3.63) is 18.1 Å². The van der Waals surface area contributed by atoms with Crippen molar-refractivity contribution < 1.29 is 9.53 Å². The lowest BCUT2D eigenvalue weighted by molar-refractivity contribution is -0.142. The molecule has 0 aliphatic carbocycles. The van der Waals surface area contributed by atoms with E-state index in [1.165, 1.54) is 6.33 Å². The van der Waals surface area contributed by atoms with Gasteiger partial charge in [-0.1, -0.05) is 6.92 Å². The molecular weight excluding hydrogens is 206 g/mol. The smallest absolute Gasteiger partial charge is 0.307 e. The second-order valence-corrected chi connectivity index (χ2v) is 3.23. The van der Waals surface area contributed by atoms with Crippen LogP contribution in [-0.4, -0.2) is 29.1 Å². The Morgan fingerprint density at radius 2 is 2.25 bits per heavy atom. The van der Waals surface area contributed by atoms with Crippen LogP contribution < -0.4 is 5.32 Å². The summed E-state index contributed by atoms with van der Waals surface area (Å²) < 4.78 is 4.81. The van der Waals surface area contributed by atoms with Crippen LogP contribution in [0.5, 0.6) is 0 Å². The molecule has 0 spiro atoms. The Morgan fingerprint density at radius 1 is 1.44 bits per heavy atom. The minimum absolute atomic E-state index is 0.195. The van der Waals surface area contributed by atoms with Gasteiger partial charge in [-0.2, -0.15) is 0 Å². The topological polar surface area (TPSA) is 64.1 Å². The zero-order chi connectivity index (χ0) is 11.8. The average Bonchev–Trinajstić information content (AvgIpc) is 2.30. The van der Waals surface area contributed by atoms with Crippen LogP contribution in [-0.2, 0) is 16.0 Å². The quantitative estimate of drug-likeness (QED) is 0.738. The standard InChI is InChI=1S/C11H17N3O2/c1-3-9-7-10(14-8-13-9)12-6-5-11(15)16-4-2/h7-8H,3-6H2,1-2H3,(H,12,13,14). The number of hydrogen-bond acceptors (Lipinski definition) is 5. The van der Waals surface area contributed by atoms with E-state index in [1.807, 2.05) is 13.0 Å². The Balaban J connectivity index is 2.34. The summed E-state index contributed by atoms with van der Waals surface area (Å²) in [5.41, 5.74) is 0.980. The molecule has 1 aromatic heterocycles. The van der Waals surface area contributed by atoms with Crippen LogP contribution in [0.15, 0.2) is 12.4 Å². The van der Waals surface area contributed by atoms with Crippen molar-refractivity contribution in [2.45, 2.75) is 26.7 Å². The summed E-state index contributed by atoms with van der Waals surface area (Å²) in [6.45, 7) is 4.78. The summed E-state index contributed by atoms with van der Waals surface area (Å²) >= 11 is 0. The molecule has 88 valence electrons. The molecule has 0 unspecified atom stereocenters. The van der Waals surface area contributed by atoms with Crippen LogP contribution in [0.2, 0.25) is 0 Å². The molecule has 0 aromatic carbocycles. The first kappa shape index (κ1) is 12.4. The molecule has 1 heterocycles. The third-order valence-electron chi connectivity index (χ3n) is 2.03. The van der Waals surface area contributed by atoms with E-state index in [0.717, 1.165) is 17.9 Å². The van der Waals surface area contributed by atoms with Gasteiger partial charge in [-0.25, -0.2) is 9.97 Å². The number of nitrogens with one attached hydrogen (secondary N) is 1. The molecule has 5 nitrogen and oxygen atoms in total. The number of aryl methyl sites for hydroxylation is 1. The van der Waals surface area contributed by atoms with Crippen molar-refractivity contribution in [1.29, 1.82) is 0 Å². The van der Waals surface area contributed by atoms with Gasteiger partial charge in [-0.3, -0.25) is 4.79 Å². The highest BCUT2D eigenvalue weighted by Crippen LogP contribution is 2.04. The fourth-order valence-electron chi connectivity index (χ4n) is 1.21. The van der Waals surface area contributed by atoms with E-state index >= 15 is 0 Å². The minimum atomic E-state index is -0.195. The molecule has 0 saturated carbocycles. The first-order chi connectivity index (χ1) is 7.76. The van der Waals surface area contributed by atoms with E-state index in [-0.39, 0.29) is 5.97 Å². The molecule has 0 fully saturated rings. The van der Waals surface area contributed by atoms with Gasteiger partial charge in [-0.15, -0.1) is 0 Å². The second kappa shape index (κ2) is 6.76. The lowest BCUT2D eigenvalue weighted by Gasteiger charge is -2.05. The van der Waals surface area contributed by atoms with Gasteiger partial charge in [0.1, 0.15) is 12.1 Å². The predicted octanol–water partition coefficient (Wildman–Crippen LogP) is 1.40. The predicted molar refractivity (Wildman–Crippen MR) is 61.1 cm³/mol. The maximum atomic E-state index is 11.1. The molecule has 0 bridgehead atoms. The van der Waals surface area contributed by atoms with E-state index in [2.05, 4.69) is 15.3 Å². The fraction of sp³-hybridized carbons (Fsp3) is 0.545. The van der Waals surface area contributed by atoms with E-state index in [1.54, 1.807) is 6.92 Å². The molecule has 0 amide bonds. The van der Waals surface area contributed by atoms with Crippen molar-refractivity contribution in [3.63, 3.8) is 0 Å². The second-order valence-electron chi connectivity index (χ2n) is 3.23. The normalized spacial score (nSPS) is 9.88. The third kappa shape index (κ3) is 4.25. The average molecular weight is 223 g/mol. The summed E-state index contributed by atoms with van der Waals surface area (Å²) in [5, 5.41) is 3.06. The lowest BCUT2D eigenvalue weighted by atomic mass is 10.3. The molecule has 1 aromatic rings. The van der Waals surface area contributed by atoms with Gasteiger partial charge in [0.05, 0.1) is 13.0 Å². The zero-order valence-electron chi connectivity index (χ0n) is 9.69. The van der Waals surface area contributed by atoms with Crippen molar-refractivity contribution in [2.75, 3.05) is 18.5 Å². The number of carbonyl (C=O) groups excluding carboxylic acids is 1. The van der Waals surface area contributed by atoms with Gasteiger partial charge in [0.25, 0.3) is 0 Å². The molecule has 5 heteroatoms. The Kier molecular flexibility index (Phi) is 5.25. The van der Waals surface area contributed by atoms with E-state index < -0.39 is 0 Å². The van der Waals surface area contributed by atoms with Crippen LogP contribution in [0, 0.1) is 0 Å². The molecule has 1 rings (SSSR count). The Labute approximate surface area is 95.3 Å². The van der Waals surface area contributed by atoms with Crippen LogP contribution >= 0.6 is 0 Å². The first-order valence-corrected chi connectivity index (χ1v) is 5.46. The number of carbonyl (C=O) groups is 1. The van der Waals surface area contributed by atoms with E-state index in [9.17, 15) is 4.79 Å². The van der Waals surface area contributed by atoms with Gasteiger partial charge in [-0.05, 0) is 13.3 Å². The van der Waals surface area contributed by atoms with Crippen molar-refractivity contribution >= 4 is 11.8 Å². The van der Waals surface area contributed by atoms with Crippen molar-refractivity contribution in [2.24, 2.45) is 0 Å². The Bertz CT molecular complexity index is 342. The highest BCUT2D eigenvalue weighted by molar-refractivity contribution is 5.69. The molecule has 0 radical (unpaired) electrons. The van der Waals surface area contributed by atoms with Crippen molar-refractivity contribution in [1.82, 2.24) is 9.97 Å². The molecule has 0 saturated heterocycles. The number of anilines is 1. The van der Waals surface area contributed by atoms with Gasteiger partial charge >= 0.3 is 5.97 Å². The molecule has 0 atom stereocenters. The van der Waals surface area contributed by atoms with Crippen molar-refractivity contribution in [3.8, 4) is 0 Å². The third-order valence-corrected chi connectivity index (χ3v) is 2.03. The van der Waals surface area contributed by atoms with Gasteiger partial charge in [0, 0.05) is 18.3 Å². The summed E-state index contributed by atoms with van der Waals surface area (Å²) in [7, 11) is 0. The maximum absolute atomic E-state index is 11.1. The lowest BCUT2D eigenvalue weighted by Crippen LogP contribution is -2.12. The summed E-state index contributed by atoms with van der Waals surface area (Å²) in [5.74, 6) is 0.552. The first-order valence-electron chi connectivity index (χ1n) is 5.46. The summed E-state index contributed by atoms with van der Waals surface area (Å²) in [6.07, 6.45) is 2.74. The monoisotopic (exact) mass is 223 g/mol. The maximum Gasteiger partial charge on any atom is 0.307 e. The zero-order valence-corrected chi connectivity index (χ0v) is 9.69. The number of rotatable bonds is 6. The van der Waals surface area contributed by atoms with Crippen LogP contribution in [0.4, 0.5) is 5.82 Å². The highest BCUT2D eigenvalue weighted by Gasteiger charge is 2.01. The number of esters is 1. The number of ether oxygens (including phenoxy) is 1. The van der Waals surface area contributed by atoms with Crippen LogP contribution in [0.25, 0.3) is 0 Å². The number of nitrogens with zero attached hydrogens (tertiary/aromatic N) is 2. The largest absolute Gasteiger partial charge is 0.466 e. The molecule has 1 N–H and O–H groups in total. The molecule has 0 aliphatic heterocycles. The van der Waals surface area contributed by atoms with E-state index in [4.69, 9.17) is 4.74 Å². The van der Waals surface area contributed by atoms with E-state index in [0.29, 0.717) is 19.6 Å². The highest BCUT2D eigenvalue weighted by atomic mass is 16.5. The Hall–Kier alpha value is -1.65. The molecule has 0 aliphatic rings. The van der Waals surface area contributed by atoms with Crippen LogP contribution in [0.1, 0.15) is 26.0 Å². The molecular formula is C11H17N3O2. The number of hydrogen-bond donors (Lipinski definition) is 1. The van der Waals surface area contributed by atoms with Crippen LogP contribution in [0.3, 0.4) is 0 Å². The van der Waals surface area contributed by atoms with Gasteiger partial charge in [0.15, 0.2) is 0 Å². The SMILES string of the molecule is CCOC(=O)CCNc1cc(CC)ncn1. The Morgan fingerprint density at radius 3 is 2.94 bits per heavy atom. The molecule has 16 heavy (non-hydrogen) atoms. The van der Waals surface area contributed by atoms with Gasteiger partial charge in [0.2, 0.25) is 0 Å². The minimum Gasteiger partial charge on any atom is -0.466 e. The summed E-state index contributed by atoms with van der Waals surface area (Å²) in [6, 6.07) is 1.88. The fourth-order valence-corrected chi connectivity index (χ4v) is 1.21. The summed E-state index contributed by atoms with van der Waals surface area (Å²) in [4.78, 5) is 19.2. The number of aromatic nitrogens is 2.